The summed E-state index contributed by atoms with van der Waals surface area (Å²) in [4.78, 5) is 46.8. The Morgan fingerprint density at radius 1 is 1.15 bits per heavy atom. The predicted molar refractivity (Wildman–Crippen MR) is 130 cm³/mol. The number of imide groups is 1. The first-order valence-electron chi connectivity index (χ1n) is 11.5. The lowest BCUT2D eigenvalue weighted by Gasteiger charge is -2.39. The van der Waals surface area contributed by atoms with Crippen molar-refractivity contribution >= 4 is 29.6 Å². The number of amides is 4. The van der Waals surface area contributed by atoms with Crippen molar-refractivity contribution in [2.75, 3.05) is 32.5 Å². The Morgan fingerprint density at radius 2 is 1.82 bits per heavy atom. The highest BCUT2D eigenvalue weighted by Gasteiger charge is 2.52. The first-order valence-corrected chi connectivity index (χ1v) is 12.5. The van der Waals surface area contributed by atoms with Crippen molar-refractivity contribution in [3.8, 4) is 5.75 Å². The Morgan fingerprint density at radius 3 is 2.47 bits per heavy atom. The molecule has 1 aromatic heterocycles. The summed E-state index contributed by atoms with van der Waals surface area (Å²) >= 11 is 1.50. The molecule has 1 aromatic carbocycles. The Kier molecular flexibility index (Phi) is 7.41. The molecule has 0 saturated carbocycles. The summed E-state index contributed by atoms with van der Waals surface area (Å²) < 4.78 is 5.18. The van der Waals surface area contributed by atoms with Crippen molar-refractivity contribution in [3.05, 3.63) is 54.4 Å². The molecule has 4 rings (SSSR count). The molecule has 0 spiro atoms. The van der Waals surface area contributed by atoms with Crippen molar-refractivity contribution in [3.63, 3.8) is 0 Å². The molecular weight excluding hydrogens is 452 g/mol. The zero-order valence-corrected chi connectivity index (χ0v) is 20.3. The number of benzene rings is 1. The number of carbonyl (C=O) groups is 3. The van der Waals surface area contributed by atoms with Gasteiger partial charge in [0.2, 0.25) is 5.91 Å². The van der Waals surface area contributed by atoms with E-state index in [1.807, 2.05) is 48.2 Å². The monoisotopic (exact) mass is 482 g/mol. The summed E-state index contributed by atoms with van der Waals surface area (Å²) in [7, 11) is 1.62. The van der Waals surface area contributed by atoms with E-state index in [0.717, 1.165) is 16.2 Å². The van der Waals surface area contributed by atoms with Crippen molar-refractivity contribution in [2.24, 2.45) is 5.92 Å². The molecule has 2 aliphatic heterocycles. The lowest BCUT2D eigenvalue weighted by molar-refractivity contribution is -0.134. The van der Waals surface area contributed by atoms with E-state index in [0.29, 0.717) is 44.6 Å². The van der Waals surface area contributed by atoms with Crippen LogP contribution in [-0.4, -0.2) is 70.7 Å². The molecule has 2 aromatic rings. The van der Waals surface area contributed by atoms with Crippen LogP contribution in [0.4, 0.5) is 4.79 Å². The van der Waals surface area contributed by atoms with E-state index in [9.17, 15) is 14.4 Å². The number of pyridine rings is 1. The Bertz CT molecular complexity index is 1020. The molecule has 0 radical (unpaired) electrons. The van der Waals surface area contributed by atoms with Crippen LogP contribution in [-0.2, 0) is 16.0 Å². The van der Waals surface area contributed by atoms with Gasteiger partial charge in [-0.05, 0) is 61.9 Å². The van der Waals surface area contributed by atoms with Crippen LogP contribution in [0.3, 0.4) is 0 Å². The van der Waals surface area contributed by atoms with Gasteiger partial charge in [0.15, 0.2) is 0 Å². The van der Waals surface area contributed by atoms with E-state index in [1.165, 1.54) is 16.7 Å². The molecule has 180 valence electrons. The quantitative estimate of drug-likeness (QED) is 0.460. The Balaban J connectivity index is 1.29. The van der Waals surface area contributed by atoms with Crippen molar-refractivity contribution < 1.29 is 19.1 Å². The molecule has 2 aliphatic rings. The van der Waals surface area contributed by atoms with Crippen LogP contribution in [0.25, 0.3) is 0 Å². The number of aromatic nitrogens is 1. The number of piperidine rings is 1. The van der Waals surface area contributed by atoms with Crippen molar-refractivity contribution in [1.29, 1.82) is 0 Å². The summed E-state index contributed by atoms with van der Waals surface area (Å²) in [6.07, 6.45) is 5.38. The van der Waals surface area contributed by atoms with Crippen LogP contribution in [0.5, 0.6) is 5.75 Å². The topological polar surface area (TPSA) is 91.8 Å². The molecule has 3 heterocycles. The molecule has 9 heteroatoms. The summed E-state index contributed by atoms with van der Waals surface area (Å²) in [5.41, 5.74) is 0.101. The van der Waals surface area contributed by atoms with Gasteiger partial charge in [-0.3, -0.25) is 19.5 Å². The standard InChI is InChI=1S/C25H30N4O4S/c1-25(19-10-14-28(15-11-19)22(30)17-34-21-7-12-26-13-8-21)23(31)29(24(32)27-25)16-9-18-3-5-20(33-2)6-4-18/h3-8,12-13,19H,9-11,14-17H2,1-2H3,(H,27,32)/t25-/m0/s1. The minimum Gasteiger partial charge on any atom is -0.497 e. The summed E-state index contributed by atoms with van der Waals surface area (Å²) in [5, 5.41) is 2.95. The van der Waals surface area contributed by atoms with Gasteiger partial charge < -0.3 is 15.0 Å². The maximum absolute atomic E-state index is 13.3. The number of nitrogens with one attached hydrogen (secondary N) is 1. The van der Waals surface area contributed by atoms with E-state index in [-0.39, 0.29) is 23.8 Å². The number of ether oxygens (including phenoxy) is 1. The van der Waals surface area contributed by atoms with Gasteiger partial charge in [0.05, 0.1) is 12.9 Å². The average molecular weight is 483 g/mol. The van der Waals surface area contributed by atoms with E-state index < -0.39 is 5.54 Å². The second-order valence-electron chi connectivity index (χ2n) is 8.81. The zero-order chi connectivity index (χ0) is 24.1. The fourth-order valence-electron chi connectivity index (χ4n) is 4.61. The highest BCUT2D eigenvalue weighted by molar-refractivity contribution is 8.00. The van der Waals surface area contributed by atoms with Gasteiger partial charge in [-0.2, -0.15) is 0 Å². The lowest BCUT2D eigenvalue weighted by atomic mass is 9.79. The van der Waals surface area contributed by atoms with Crippen molar-refractivity contribution in [1.82, 2.24) is 20.1 Å². The van der Waals surface area contributed by atoms with Crippen LogP contribution in [0.15, 0.2) is 53.7 Å². The van der Waals surface area contributed by atoms with Gasteiger partial charge in [-0.15, -0.1) is 11.8 Å². The van der Waals surface area contributed by atoms with Crippen LogP contribution < -0.4 is 10.1 Å². The largest absolute Gasteiger partial charge is 0.497 e. The molecule has 1 atom stereocenters. The number of thioether (sulfide) groups is 1. The van der Waals surface area contributed by atoms with Gasteiger partial charge in [0.25, 0.3) is 5.91 Å². The molecule has 0 aliphatic carbocycles. The molecule has 1 N–H and O–H groups in total. The third kappa shape index (κ3) is 5.19. The van der Waals surface area contributed by atoms with Crippen LogP contribution >= 0.6 is 11.8 Å². The normalized spacial score (nSPS) is 21.0. The zero-order valence-electron chi connectivity index (χ0n) is 19.5. The number of nitrogens with zero attached hydrogens (tertiary/aromatic N) is 3. The number of hydrogen-bond donors (Lipinski definition) is 1. The van der Waals surface area contributed by atoms with Gasteiger partial charge in [-0.25, -0.2) is 4.79 Å². The maximum Gasteiger partial charge on any atom is 0.325 e. The fraction of sp³-hybridized carbons (Fsp3) is 0.440. The molecule has 0 bridgehead atoms. The van der Waals surface area contributed by atoms with E-state index in [2.05, 4.69) is 10.3 Å². The van der Waals surface area contributed by atoms with Crippen molar-refractivity contribution in [2.45, 2.75) is 36.6 Å². The third-order valence-corrected chi connectivity index (χ3v) is 7.76. The second kappa shape index (κ2) is 10.5. The average Bonchev–Trinajstić information content (AvgIpc) is 3.10. The van der Waals surface area contributed by atoms with Gasteiger partial charge in [0, 0.05) is 36.9 Å². The summed E-state index contributed by atoms with van der Waals surface area (Å²) in [6.45, 7) is 3.33. The number of likely N-dealkylation sites (tertiary alicyclic amines) is 1. The van der Waals surface area contributed by atoms with E-state index >= 15 is 0 Å². The van der Waals surface area contributed by atoms with E-state index in [4.69, 9.17) is 4.74 Å². The SMILES string of the molecule is COc1ccc(CCN2C(=O)N[C@@](C)(C3CCN(C(=O)CSc4ccncc4)CC3)C2=O)cc1. The molecular formula is C25H30N4O4S. The summed E-state index contributed by atoms with van der Waals surface area (Å²) in [5.74, 6) is 1.05. The highest BCUT2D eigenvalue weighted by atomic mass is 32.2. The smallest absolute Gasteiger partial charge is 0.325 e. The van der Waals surface area contributed by atoms with Gasteiger partial charge >= 0.3 is 6.03 Å². The fourth-order valence-corrected chi connectivity index (χ4v) is 5.39. The van der Waals surface area contributed by atoms with Gasteiger partial charge in [-0.1, -0.05) is 12.1 Å². The Hall–Kier alpha value is -3.07. The minimum atomic E-state index is -0.933. The number of carbonyl (C=O) groups excluding carboxylic acids is 3. The van der Waals surface area contributed by atoms with Crippen LogP contribution in [0.2, 0.25) is 0 Å². The number of urea groups is 1. The molecule has 4 amide bonds. The lowest BCUT2D eigenvalue weighted by Crippen LogP contribution is -2.54. The van der Waals surface area contributed by atoms with E-state index in [1.54, 1.807) is 19.5 Å². The second-order valence-corrected chi connectivity index (χ2v) is 9.86. The van der Waals surface area contributed by atoms with Crippen LogP contribution in [0.1, 0.15) is 25.3 Å². The summed E-state index contributed by atoms with van der Waals surface area (Å²) in [6, 6.07) is 11.1. The Labute approximate surface area is 204 Å². The molecule has 2 fully saturated rings. The molecule has 0 unspecified atom stereocenters. The molecule has 8 nitrogen and oxygen atoms in total. The predicted octanol–water partition coefficient (Wildman–Crippen LogP) is 2.97. The maximum atomic E-state index is 13.3. The number of methoxy groups -OCH3 is 1. The van der Waals surface area contributed by atoms with Crippen LogP contribution in [0, 0.1) is 5.92 Å². The molecule has 34 heavy (non-hydrogen) atoms. The first-order chi connectivity index (χ1) is 16.4. The molecule has 2 saturated heterocycles. The first kappa shape index (κ1) is 24.1. The minimum absolute atomic E-state index is 0.00756. The third-order valence-electron chi connectivity index (χ3n) is 6.76. The highest BCUT2D eigenvalue weighted by Crippen LogP contribution is 2.34. The number of hydrogen-bond acceptors (Lipinski definition) is 6. The van der Waals surface area contributed by atoms with Gasteiger partial charge in [0.1, 0.15) is 11.3 Å². The number of rotatable bonds is 8.